The number of nitrogens with one attached hydrogen (secondary N) is 1. The molecule has 8 unspecified atom stereocenters. The Kier molecular flexibility index (Phi) is 56.1. The topological polar surface area (TPSA) is 175 Å². The van der Waals surface area contributed by atoms with E-state index in [0.717, 1.165) is 122 Å². The summed E-state index contributed by atoms with van der Waals surface area (Å²) in [7, 11) is 0. The van der Waals surface area contributed by atoms with Crippen molar-refractivity contribution in [2.45, 2.75) is 320 Å². The molecule has 0 aromatic carbocycles. The van der Waals surface area contributed by atoms with Gasteiger partial charge in [-0.25, -0.2) is 0 Å². The van der Waals surface area contributed by atoms with E-state index in [1.54, 1.807) is 6.08 Å². The predicted octanol–water partition coefficient (Wildman–Crippen LogP) is 17.4. The Morgan fingerprint density at radius 3 is 1.29 bits per heavy atom. The van der Waals surface area contributed by atoms with Crippen molar-refractivity contribution < 1.29 is 49.3 Å². The number of allylic oxidation sites excluding steroid dienone is 19. The number of rotatable bonds is 57. The Balaban J connectivity index is 2.60. The van der Waals surface area contributed by atoms with E-state index in [-0.39, 0.29) is 19.4 Å². The van der Waals surface area contributed by atoms with Crippen molar-refractivity contribution >= 4 is 11.9 Å². The highest BCUT2D eigenvalue weighted by atomic mass is 16.7. The summed E-state index contributed by atoms with van der Waals surface area (Å²) in [6.07, 6.45) is 73.8. The van der Waals surface area contributed by atoms with Crippen LogP contribution < -0.4 is 5.32 Å². The zero-order valence-corrected chi connectivity index (χ0v) is 53.9. The molecule has 1 saturated heterocycles. The van der Waals surface area contributed by atoms with Gasteiger partial charge in [0.2, 0.25) is 5.91 Å². The molecule has 0 bridgehead atoms. The molecule has 1 rings (SSSR count). The highest BCUT2D eigenvalue weighted by molar-refractivity contribution is 5.80. The van der Waals surface area contributed by atoms with Crippen molar-refractivity contribution in [1.82, 2.24) is 5.32 Å². The number of aliphatic hydroxyl groups is 5. The molecule has 0 saturated carbocycles. The summed E-state index contributed by atoms with van der Waals surface area (Å²) in [6, 6.07) is -1.04. The molecule has 6 N–H and O–H groups in total. The Bertz CT molecular complexity index is 1850. The number of esters is 1. The Hall–Kier alpha value is -3.94. The quantitative estimate of drug-likeness (QED) is 0.0195. The van der Waals surface area contributed by atoms with Gasteiger partial charge >= 0.3 is 5.97 Å². The summed E-state index contributed by atoms with van der Waals surface area (Å²) in [6.45, 7) is 5.63. The van der Waals surface area contributed by atoms with Gasteiger partial charge in [0.15, 0.2) is 12.4 Å². The number of unbranched alkanes of at least 4 members (excludes halogenated alkanes) is 25. The zero-order chi connectivity index (χ0) is 61.7. The van der Waals surface area contributed by atoms with Crippen LogP contribution in [0.3, 0.4) is 0 Å². The van der Waals surface area contributed by atoms with Gasteiger partial charge in [0.25, 0.3) is 0 Å². The Labute approximate surface area is 519 Å². The van der Waals surface area contributed by atoms with Crippen molar-refractivity contribution in [3.63, 3.8) is 0 Å². The highest BCUT2D eigenvalue weighted by Gasteiger charge is 2.47. The third-order valence-corrected chi connectivity index (χ3v) is 15.3. The van der Waals surface area contributed by atoms with Gasteiger partial charge in [0.05, 0.1) is 25.4 Å². The van der Waals surface area contributed by atoms with Crippen molar-refractivity contribution in [2.24, 2.45) is 0 Å². The first-order chi connectivity index (χ1) is 41.7. The van der Waals surface area contributed by atoms with Crippen LogP contribution in [0.15, 0.2) is 122 Å². The standard InChI is InChI=1S/C74H125NO10/c1-4-7-10-13-16-19-22-24-26-28-30-31-32-33-34-35-36-38-39-41-43-46-49-52-55-58-61-67(78)73(82)75-65(66(77)60-57-54-51-48-45-21-18-15-12-9-6-3)64-83-74-72(71(81)70(80)68(63-76)84-74)85-69(79)62-59-56-53-50-47-44-42-40-37-29-27-25-23-20-17-14-11-8-5-2/h7,10,16-17,19-20,24-27,30-31,33-34,37,40,44,47,57,60,65-68,70-72,74,76-78,80-81H,4-6,8-9,11-15,18,21-23,28-29,32,35-36,38-39,41-43,45-46,48-56,58-59,61-64H2,1-3H3,(H,75,82)/b10-7-,19-16-,20-17-,26-24-,27-25-,31-30-,34-33-,40-37-,47-44-,60-57+. The second kappa shape index (κ2) is 60.3. The van der Waals surface area contributed by atoms with Gasteiger partial charge in [-0.1, -0.05) is 271 Å². The molecule has 0 radical (unpaired) electrons. The molecule has 1 amide bonds. The fourth-order valence-electron chi connectivity index (χ4n) is 9.96. The van der Waals surface area contributed by atoms with Gasteiger partial charge in [-0.2, -0.15) is 0 Å². The first kappa shape index (κ1) is 79.1. The molecule has 0 aromatic heterocycles. The zero-order valence-electron chi connectivity index (χ0n) is 53.9. The van der Waals surface area contributed by atoms with Crippen LogP contribution >= 0.6 is 0 Å². The SMILES string of the molecule is CC/C=C\C/C=C\C/C=C\C/C=C\C/C=C\CCCCCCCCCCCCC(O)C(=O)NC(COC1OC(CO)C(O)C(O)C1OC(=O)CCCCC/C=C\C/C=C\C/C=C\C/C=C\CCCCC)C(O)/C=C/CCCCCCCCCCC. The molecule has 0 aliphatic carbocycles. The van der Waals surface area contributed by atoms with Gasteiger partial charge in [0, 0.05) is 6.42 Å². The van der Waals surface area contributed by atoms with Crippen LogP contribution in [0, 0.1) is 0 Å². The van der Waals surface area contributed by atoms with Crippen LogP contribution in [0.5, 0.6) is 0 Å². The summed E-state index contributed by atoms with van der Waals surface area (Å²) >= 11 is 0. The average Bonchev–Trinajstić information content (AvgIpc) is 3.59. The molecule has 0 aromatic rings. The van der Waals surface area contributed by atoms with Crippen LogP contribution in [-0.2, 0) is 23.8 Å². The summed E-state index contributed by atoms with van der Waals surface area (Å²) in [5.41, 5.74) is 0. The minimum atomic E-state index is -1.63. The van der Waals surface area contributed by atoms with E-state index in [1.165, 1.54) is 103 Å². The largest absolute Gasteiger partial charge is 0.454 e. The molecule has 11 heteroatoms. The minimum absolute atomic E-state index is 0.0804. The maximum absolute atomic E-state index is 13.5. The number of carbonyl (C=O) groups is 2. The van der Waals surface area contributed by atoms with Crippen LogP contribution in [-0.4, -0.2) is 99.6 Å². The first-order valence-electron chi connectivity index (χ1n) is 34.3. The van der Waals surface area contributed by atoms with Crippen molar-refractivity contribution in [1.29, 1.82) is 0 Å². The van der Waals surface area contributed by atoms with Crippen LogP contribution in [0.4, 0.5) is 0 Å². The second-order valence-corrected chi connectivity index (χ2v) is 23.2. The molecule has 486 valence electrons. The van der Waals surface area contributed by atoms with E-state index in [1.807, 2.05) is 6.08 Å². The van der Waals surface area contributed by atoms with E-state index in [9.17, 15) is 35.1 Å². The fraction of sp³-hybridized carbons (Fsp3) is 0.703. The second-order valence-electron chi connectivity index (χ2n) is 23.2. The van der Waals surface area contributed by atoms with E-state index < -0.39 is 67.4 Å². The number of amides is 1. The number of aliphatic hydroxyl groups excluding tert-OH is 5. The number of hydrogen-bond donors (Lipinski definition) is 6. The van der Waals surface area contributed by atoms with E-state index in [0.29, 0.717) is 12.8 Å². The third-order valence-electron chi connectivity index (χ3n) is 15.3. The lowest BCUT2D eigenvalue weighted by Gasteiger charge is -2.41. The fourth-order valence-corrected chi connectivity index (χ4v) is 9.96. The molecule has 8 atom stereocenters. The van der Waals surface area contributed by atoms with Gasteiger partial charge < -0.3 is 45.1 Å². The smallest absolute Gasteiger partial charge is 0.306 e. The molecule has 11 nitrogen and oxygen atoms in total. The van der Waals surface area contributed by atoms with Crippen LogP contribution in [0.25, 0.3) is 0 Å². The normalized spacial score (nSPS) is 19.2. The maximum Gasteiger partial charge on any atom is 0.306 e. The molecule has 1 aliphatic rings. The third kappa shape index (κ3) is 47.8. The highest BCUT2D eigenvalue weighted by Crippen LogP contribution is 2.26. The minimum Gasteiger partial charge on any atom is -0.454 e. The van der Waals surface area contributed by atoms with Gasteiger partial charge in [-0.3, -0.25) is 9.59 Å². The molecular weight excluding hydrogens is 1060 g/mol. The summed E-state index contributed by atoms with van der Waals surface area (Å²) in [4.78, 5) is 26.6. The molecule has 1 heterocycles. The van der Waals surface area contributed by atoms with Crippen molar-refractivity contribution in [2.75, 3.05) is 13.2 Å². The lowest BCUT2D eigenvalue weighted by Crippen LogP contribution is -2.61. The lowest BCUT2D eigenvalue weighted by molar-refractivity contribution is -0.305. The first-order valence-corrected chi connectivity index (χ1v) is 34.3. The molecular formula is C74H125NO10. The maximum atomic E-state index is 13.5. The molecule has 1 aliphatic heterocycles. The predicted molar refractivity (Wildman–Crippen MR) is 356 cm³/mol. The molecule has 85 heavy (non-hydrogen) atoms. The van der Waals surface area contributed by atoms with Gasteiger partial charge in [-0.05, 0) is 116 Å². The van der Waals surface area contributed by atoms with E-state index in [2.05, 4.69) is 135 Å². The number of ether oxygens (including phenoxy) is 3. The summed E-state index contributed by atoms with van der Waals surface area (Å²) in [5, 5.41) is 57.1. The Morgan fingerprint density at radius 2 is 0.847 bits per heavy atom. The average molecular weight is 1190 g/mol. The van der Waals surface area contributed by atoms with Crippen LogP contribution in [0.2, 0.25) is 0 Å². The van der Waals surface area contributed by atoms with E-state index >= 15 is 0 Å². The van der Waals surface area contributed by atoms with Gasteiger partial charge in [-0.15, -0.1) is 0 Å². The Morgan fingerprint density at radius 1 is 0.471 bits per heavy atom. The number of hydrogen-bond acceptors (Lipinski definition) is 10. The summed E-state index contributed by atoms with van der Waals surface area (Å²) in [5.74, 6) is -1.24. The summed E-state index contributed by atoms with van der Waals surface area (Å²) < 4.78 is 17.6. The van der Waals surface area contributed by atoms with Crippen molar-refractivity contribution in [3.05, 3.63) is 122 Å². The monoisotopic (exact) mass is 1190 g/mol. The van der Waals surface area contributed by atoms with Crippen LogP contribution in [0.1, 0.15) is 271 Å². The van der Waals surface area contributed by atoms with Crippen molar-refractivity contribution in [3.8, 4) is 0 Å². The molecule has 1 fully saturated rings. The number of carbonyl (C=O) groups excluding carboxylic acids is 2. The van der Waals surface area contributed by atoms with E-state index in [4.69, 9.17) is 14.2 Å². The molecule has 0 spiro atoms. The lowest BCUT2D eigenvalue weighted by atomic mass is 9.99. The van der Waals surface area contributed by atoms with Gasteiger partial charge in [0.1, 0.15) is 24.4 Å².